The molecule has 8 heteroatoms. The van der Waals surface area contributed by atoms with Crippen molar-refractivity contribution in [2.75, 3.05) is 30.4 Å². The fourth-order valence-electron chi connectivity index (χ4n) is 1.29. The standard InChI is InChI=1S/C10H15N3O4S/c1-18(16,17)13-5-4-12-7-2-3-9(11)8(6-7)10(14)15/h2-3,6,12-13H,4-5,11H2,1H3,(H,14,15). The summed E-state index contributed by atoms with van der Waals surface area (Å²) in [4.78, 5) is 10.8. The molecule has 5 N–H and O–H groups in total. The third kappa shape index (κ3) is 4.60. The lowest BCUT2D eigenvalue weighted by Gasteiger charge is -2.08. The highest BCUT2D eigenvalue weighted by Crippen LogP contribution is 2.17. The van der Waals surface area contributed by atoms with Gasteiger partial charge >= 0.3 is 5.97 Å². The van der Waals surface area contributed by atoms with Crippen LogP contribution in [0.4, 0.5) is 11.4 Å². The normalized spacial score (nSPS) is 11.2. The van der Waals surface area contributed by atoms with Gasteiger partial charge in [-0.05, 0) is 18.2 Å². The van der Waals surface area contributed by atoms with E-state index in [-0.39, 0.29) is 17.8 Å². The molecule has 0 aromatic heterocycles. The predicted molar refractivity (Wildman–Crippen MR) is 69.1 cm³/mol. The molecule has 1 aromatic carbocycles. The Morgan fingerprint density at radius 1 is 1.39 bits per heavy atom. The lowest BCUT2D eigenvalue weighted by atomic mass is 10.1. The first-order valence-corrected chi connectivity index (χ1v) is 7.00. The van der Waals surface area contributed by atoms with Gasteiger partial charge in [-0.15, -0.1) is 0 Å². The number of rotatable bonds is 6. The van der Waals surface area contributed by atoms with E-state index >= 15 is 0 Å². The number of hydrogen-bond acceptors (Lipinski definition) is 5. The summed E-state index contributed by atoms with van der Waals surface area (Å²) in [5.74, 6) is -1.11. The van der Waals surface area contributed by atoms with Crippen molar-refractivity contribution in [1.82, 2.24) is 4.72 Å². The molecule has 1 rings (SSSR count). The number of nitrogens with one attached hydrogen (secondary N) is 2. The lowest BCUT2D eigenvalue weighted by molar-refractivity contribution is 0.0698. The van der Waals surface area contributed by atoms with Gasteiger partial charge < -0.3 is 16.2 Å². The maximum absolute atomic E-state index is 10.8. The molecule has 0 heterocycles. The number of nitrogens with two attached hydrogens (primary N) is 1. The van der Waals surface area contributed by atoms with E-state index in [9.17, 15) is 13.2 Å². The molecule has 0 amide bonds. The Balaban J connectivity index is 2.58. The quantitative estimate of drug-likeness (QED) is 0.425. The first-order valence-electron chi connectivity index (χ1n) is 5.11. The minimum Gasteiger partial charge on any atom is -0.478 e. The molecule has 7 nitrogen and oxygen atoms in total. The van der Waals surface area contributed by atoms with E-state index in [1.54, 1.807) is 6.07 Å². The van der Waals surface area contributed by atoms with Crippen molar-refractivity contribution in [2.45, 2.75) is 0 Å². The number of aromatic carboxylic acids is 1. The third-order valence-corrected chi connectivity index (χ3v) is 2.83. The summed E-state index contributed by atoms with van der Waals surface area (Å²) in [5.41, 5.74) is 6.26. The summed E-state index contributed by atoms with van der Waals surface area (Å²) in [6, 6.07) is 4.51. The molecule has 0 aliphatic rings. The Labute approximate surface area is 105 Å². The fraction of sp³-hybridized carbons (Fsp3) is 0.300. The number of nitrogen functional groups attached to an aromatic ring is 1. The van der Waals surface area contributed by atoms with E-state index in [0.717, 1.165) is 6.26 Å². The zero-order valence-electron chi connectivity index (χ0n) is 9.80. The molecule has 0 bridgehead atoms. The highest BCUT2D eigenvalue weighted by molar-refractivity contribution is 7.88. The maximum Gasteiger partial charge on any atom is 0.337 e. The molecule has 0 aliphatic heterocycles. The summed E-state index contributed by atoms with van der Waals surface area (Å²) < 4.78 is 23.9. The first kappa shape index (κ1) is 14.3. The van der Waals surface area contributed by atoms with Crippen LogP contribution in [-0.2, 0) is 10.0 Å². The molecule has 1 aromatic rings. The van der Waals surface area contributed by atoms with Crippen molar-refractivity contribution in [1.29, 1.82) is 0 Å². The van der Waals surface area contributed by atoms with Crippen LogP contribution in [0.15, 0.2) is 18.2 Å². The van der Waals surface area contributed by atoms with E-state index in [2.05, 4.69) is 10.0 Å². The smallest absolute Gasteiger partial charge is 0.337 e. The van der Waals surface area contributed by atoms with Crippen molar-refractivity contribution in [2.24, 2.45) is 0 Å². The van der Waals surface area contributed by atoms with Crippen LogP contribution in [-0.4, -0.2) is 38.8 Å². The van der Waals surface area contributed by atoms with Crippen LogP contribution in [0.1, 0.15) is 10.4 Å². The van der Waals surface area contributed by atoms with E-state index in [1.807, 2.05) is 0 Å². The summed E-state index contributed by atoms with van der Waals surface area (Å²) in [5, 5.41) is 11.8. The number of carboxylic acid groups (broad SMARTS) is 1. The Hall–Kier alpha value is -1.80. The Morgan fingerprint density at radius 3 is 2.61 bits per heavy atom. The van der Waals surface area contributed by atoms with Crippen LogP contribution >= 0.6 is 0 Å². The summed E-state index contributed by atoms with van der Waals surface area (Å²) in [6.07, 6.45) is 1.07. The Bertz CT molecular complexity index is 542. The van der Waals surface area contributed by atoms with Crippen molar-refractivity contribution in [3.05, 3.63) is 23.8 Å². The van der Waals surface area contributed by atoms with Gasteiger partial charge in [0.15, 0.2) is 0 Å². The molecule has 100 valence electrons. The molecule has 0 atom stereocenters. The highest BCUT2D eigenvalue weighted by atomic mass is 32.2. The van der Waals surface area contributed by atoms with Gasteiger partial charge in [-0.3, -0.25) is 0 Å². The molecule has 0 unspecified atom stereocenters. The lowest BCUT2D eigenvalue weighted by Crippen LogP contribution is -2.27. The van der Waals surface area contributed by atoms with Gasteiger partial charge in [-0.1, -0.05) is 0 Å². The van der Waals surface area contributed by atoms with Crippen molar-refractivity contribution in [3.63, 3.8) is 0 Å². The van der Waals surface area contributed by atoms with Gasteiger partial charge in [0.1, 0.15) is 0 Å². The van der Waals surface area contributed by atoms with Gasteiger partial charge in [0, 0.05) is 24.5 Å². The van der Waals surface area contributed by atoms with Crippen molar-refractivity contribution in [3.8, 4) is 0 Å². The first-order chi connectivity index (χ1) is 8.29. The number of anilines is 2. The minimum atomic E-state index is -3.21. The second kappa shape index (κ2) is 5.69. The number of benzene rings is 1. The monoisotopic (exact) mass is 273 g/mol. The van der Waals surface area contributed by atoms with Crippen molar-refractivity contribution < 1.29 is 18.3 Å². The Morgan fingerprint density at radius 2 is 2.06 bits per heavy atom. The van der Waals surface area contributed by atoms with E-state index in [0.29, 0.717) is 12.2 Å². The number of sulfonamides is 1. The van der Waals surface area contributed by atoms with E-state index in [4.69, 9.17) is 10.8 Å². The summed E-state index contributed by atoms with van der Waals surface area (Å²) >= 11 is 0. The minimum absolute atomic E-state index is 0.0103. The molecular weight excluding hydrogens is 258 g/mol. The SMILES string of the molecule is CS(=O)(=O)NCCNc1ccc(N)c(C(=O)O)c1. The van der Waals surface area contributed by atoms with Crippen LogP contribution < -0.4 is 15.8 Å². The van der Waals surface area contributed by atoms with Crippen LogP contribution in [0.3, 0.4) is 0 Å². The molecule has 0 aliphatic carbocycles. The highest BCUT2D eigenvalue weighted by Gasteiger charge is 2.08. The number of carbonyl (C=O) groups is 1. The summed E-state index contributed by atoms with van der Waals surface area (Å²) in [6.45, 7) is 0.557. The van der Waals surface area contributed by atoms with Crippen LogP contribution in [0.5, 0.6) is 0 Å². The van der Waals surface area contributed by atoms with Gasteiger partial charge in [-0.2, -0.15) is 0 Å². The predicted octanol–water partition coefficient (Wildman–Crippen LogP) is -0.0719. The zero-order chi connectivity index (χ0) is 13.8. The molecule has 18 heavy (non-hydrogen) atoms. The molecule has 0 saturated heterocycles. The van der Waals surface area contributed by atoms with Crippen molar-refractivity contribution >= 4 is 27.4 Å². The second-order valence-electron chi connectivity index (χ2n) is 3.70. The largest absolute Gasteiger partial charge is 0.478 e. The molecule has 0 fully saturated rings. The van der Waals surface area contributed by atoms with E-state index in [1.165, 1.54) is 12.1 Å². The van der Waals surface area contributed by atoms with Gasteiger partial charge in [-0.25, -0.2) is 17.9 Å². The molecule has 0 spiro atoms. The second-order valence-corrected chi connectivity index (χ2v) is 5.53. The van der Waals surface area contributed by atoms with Crippen LogP contribution in [0.2, 0.25) is 0 Å². The topological polar surface area (TPSA) is 122 Å². The number of hydrogen-bond donors (Lipinski definition) is 4. The average molecular weight is 273 g/mol. The number of carboxylic acids is 1. The van der Waals surface area contributed by atoms with Crippen LogP contribution in [0, 0.1) is 0 Å². The maximum atomic E-state index is 10.8. The van der Waals surface area contributed by atoms with Gasteiger partial charge in [0.2, 0.25) is 10.0 Å². The molecule has 0 saturated carbocycles. The average Bonchev–Trinajstić information content (AvgIpc) is 2.24. The van der Waals surface area contributed by atoms with Gasteiger partial charge in [0.05, 0.1) is 11.8 Å². The molecular formula is C10H15N3O4S. The van der Waals surface area contributed by atoms with Crippen LogP contribution in [0.25, 0.3) is 0 Å². The third-order valence-electron chi connectivity index (χ3n) is 2.10. The van der Waals surface area contributed by atoms with Gasteiger partial charge in [0.25, 0.3) is 0 Å². The fourth-order valence-corrected chi connectivity index (χ4v) is 1.77. The molecule has 0 radical (unpaired) electrons. The van der Waals surface area contributed by atoms with E-state index < -0.39 is 16.0 Å². The summed E-state index contributed by atoms with van der Waals surface area (Å²) in [7, 11) is -3.21. The zero-order valence-corrected chi connectivity index (χ0v) is 10.6. The Kier molecular flexibility index (Phi) is 4.51.